The second kappa shape index (κ2) is 15.3. The molecule has 0 spiro atoms. The van der Waals surface area contributed by atoms with Crippen molar-refractivity contribution in [2.45, 2.75) is 55.6 Å². The summed E-state index contributed by atoms with van der Waals surface area (Å²) in [4.78, 5) is 17.9. The van der Waals surface area contributed by atoms with E-state index in [4.69, 9.17) is 4.74 Å². The van der Waals surface area contributed by atoms with Gasteiger partial charge in [0.15, 0.2) is 0 Å². The lowest BCUT2D eigenvalue weighted by Gasteiger charge is -2.38. The van der Waals surface area contributed by atoms with Gasteiger partial charge in [0.2, 0.25) is 10.0 Å². The minimum absolute atomic E-state index is 0. The maximum absolute atomic E-state index is 13.2. The summed E-state index contributed by atoms with van der Waals surface area (Å²) in [6.07, 6.45) is 4.93. The second-order valence-corrected chi connectivity index (χ2v) is 14.2. The number of halogens is 1. The number of rotatable bonds is 13. The molecule has 228 valence electrons. The lowest BCUT2D eigenvalue weighted by atomic mass is 9.97. The SMILES string of the molecule is CN(C[C@H](CCN1CCC(N(CC2CC2)C(=O)OCc2ccccc2)CC1)c1ccsc1)S(=O)(=O)c1ccccc1.Cl. The average molecular weight is 632 g/mol. The van der Waals surface area contributed by atoms with Crippen LogP contribution in [0, 0.1) is 5.92 Å². The molecule has 1 aliphatic heterocycles. The molecule has 1 saturated carbocycles. The van der Waals surface area contributed by atoms with Gasteiger partial charge in [-0.2, -0.15) is 11.3 Å². The van der Waals surface area contributed by atoms with E-state index in [0.717, 1.165) is 51.0 Å². The minimum Gasteiger partial charge on any atom is -0.445 e. The molecule has 0 bridgehead atoms. The number of nitrogens with zero attached hydrogens (tertiary/aromatic N) is 3. The number of carbonyl (C=O) groups is 1. The molecule has 0 unspecified atom stereocenters. The number of benzene rings is 2. The zero-order valence-corrected chi connectivity index (χ0v) is 26.7. The van der Waals surface area contributed by atoms with Crippen LogP contribution in [0.15, 0.2) is 82.4 Å². The Kier molecular flexibility index (Phi) is 11.9. The number of sulfonamides is 1. The highest BCUT2D eigenvalue weighted by atomic mass is 35.5. The van der Waals surface area contributed by atoms with Crippen LogP contribution in [0.3, 0.4) is 0 Å². The fourth-order valence-corrected chi connectivity index (χ4v) is 7.58. The van der Waals surface area contributed by atoms with Gasteiger partial charge >= 0.3 is 6.09 Å². The van der Waals surface area contributed by atoms with Crippen LogP contribution in [0.1, 0.15) is 49.1 Å². The average Bonchev–Trinajstić information content (AvgIpc) is 3.67. The van der Waals surface area contributed by atoms with Crippen molar-refractivity contribution in [2.24, 2.45) is 5.92 Å². The number of thiophene rings is 1. The highest BCUT2D eigenvalue weighted by Gasteiger charge is 2.34. The van der Waals surface area contributed by atoms with E-state index in [9.17, 15) is 13.2 Å². The molecular formula is C32H42ClN3O4S2. The van der Waals surface area contributed by atoms with Crippen molar-refractivity contribution >= 4 is 39.9 Å². The number of hydrogen-bond donors (Lipinski definition) is 0. The first-order chi connectivity index (χ1) is 19.9. The molecule has 1 aliphatic carbocycles. The Bertz CT molecular complexity index is 1330. The van der Waals surface area contributed by atoms with Crippen LogP contribution in [-0.2, 0) is 21.4 Å². The van der Waals surface area contributed by atoms with Gasteiger partial charge in [-0.25, -0.2) is 17.5 Å². The smallest absolute Gasteiger partial charge is 0.410 e. The Morgan fingerprint density at radius 2 is 1.67 bits per heavy atom. The molecule has 1 aromatic heterocycles. The Hall–Kier alpha value is -2.43. The second-order valence-electron chi connectivity index (χ2n) is 11.3. The molecule has 5 rings (SSSR count). The molecule has 0 radical (unpaired) electrons. The van der Waals surface area contributed by atoms with Gasteiger partial charge in [0.25, 0.3) is 0 Å². The van der Waals surface area contributed by atoms with Gasteiger partial charge in [0.1, 0.15) is 6.61 Å². The summed E-state index contributed by atoms with van der Waals surface area (Å²) in [5.74, 6) is 0.717. The van der Waals surface area contributed by atoms with E-state index < -0.39 is 10.0 Å². The van der Waals surface area contributed by atoms with Crippen molar-refractivity contribution in [1.82, 2.24) is 14.1 Å². The molecule has 42 heavy (non-hydrogen) atoms. The van der Waals surface area contributed by atoms with Gasteiger partial charge in [0, 0.05) is 39.3 Å². The maximum Gasteiger partial charge on any atom is 0.410 e. The Labute approximate surface area is 260 Å². The molecule has 7 nitrogen and oxygen atoms in total. The van der Waals surface area contributed by atoms with Crippen LogP contribution in [0.5, 0.6) is 0 Å². The molecule has 1 saturated heterocycles. The molecule has 2 aliphatic rings. The first-order valence-electron chi connectivity index (χ1n) is 14.6. The summed E-state index contributed by atoms with van der Waals surface area (Å²) < 4.78 is 33.6. The van der Waals surface area contributed by atoms with E-state index in [1.165, 1.54) is 22.7 Å². The van der Waals surface area contributed by atoms with Gasteiger partial charge in [0.05, 0.1) is 4.90 Å². The normalized spacial score (nSPS) is 17.0. The Morgan fingerprint density at radius 1 is 1.00 bits per heavy atom. The summed E-state index contributed by atoms with van der Waals surface area (Å²) >= 11 is 1.65. The van der Waals surface area contributed by atoms with E-state index in [2.05, 4.69) is 21.7 Å². The highest BCUT2D eigenvalue weighted by Crippen LogP contribution is 2.32. The number of ether oxygens (including phenoxy) is 1. The van der Waals surface area contributed by atoms with E-state index in [1.807, 2.05) is 41.3 Å². The van der Waals surface area contributed by atoms with Crippen LogP contribution in [-0.4, -0.2) is 74.4 Å². The quantitative estimate of drug-likeness (QED) is 0.216. The first kappa shape index (κ1) is 32.5. The number of carbonyl (C=O) groups excluding carboxylic acids is 1. The van der Waals surface area contributed by atoms with Crippen LogP contribution < -0.4 is 0 Å². The van der Waals surface area contributed by atoms with Crippen molar-refractivity contribution in [3.05, 3.63) is 88.6 Å². The largest absolute Gasteiger partial charge is 0.445 e. The molecule has 10 heteroatoms. The van der Waals surface area contributed by atoms with E-state index in [0.29, 0.717) is 24.0 Å². The zero-order chi connectivity index (χ0) is 28.7. The maximum atomic E-state index is 13.2. The van der Waals surface area contributed by atoms with Gasteiger partial charge in [-0.1, -0.05) is 48.5 Å². The summed E-state index contributed by atoms with van der Waals surface area (Å²) in [5, 5.41) is 4.20. The number of hydrogen-bond acceptors (Lipinski definition) is 6. The lowest BCUT2D eigenvalue weighted by molar-refractivity contribution is 0.0580. The standard InChI is InChI=1S/C32H41N3O4S2.ClH/c1-33(41(37,38)31-10-6-3-7-11-31)23-28(29-17-21-40-25-29)14-18-34-19-15-30(16-20-34)35(22-26-12-13-26)32(36)39-24-27-8-4-2-5-9-27;/h2-11,17,21,25-26,28,30H,12-16,18-20,22-24H2,1H3;1H/t28-;/m0./s1. The summed E-state index contributed by atoms with van der Waals surface area (Å²) in [5.41, 5.74) is 2.20. The molecule has 2 heterocycles. The van der Waals surface area contributed by atoms with Crippen molar-refractivity contribution in [3.63, 3.8) is 0 Å². The third kappa shape index (κ3) is 8.80. The van der Waals surface area contributed by atoms with Crippen molar-refractivity contribution in [1.29, 1.82) is 0 Å². The van der Waals surface area contributed by atoms with E-state index in [-0.39, 0.29) is 30.5 Å². The predicted molar refractivity (Wildman–Crippen MR) is 171 cm³/mol. The monoisotopic (exact) mass is 631 g/mol. The number of amides is 1. The molecule has 1 amide bonds. The highest BCUT2D eigenvalue weighted by molar-refractivity contribution is 7.89. The van der Waals surface area contributed by atoms with Gasteiger partial charge in [-0.3, -0.25) is 0 Å². The molecule has 3 aromatic rings. The lowest BCUT2D eigenvalue weighted by Crippen LogP contribution is -2.48. The Morgan fingerprint density at radius 3 is 2.29 bits per heavy atom. The number of likely N-dealkylation sites (tertiary alicyclic amines) is 1. The molecular weight excluding hydrogens is 590 g/mol. The first-order valence-corrected chi connectivity index (χ1v) is 17.0. The number of likely N-dealkylation sites (N-methyl/N-ethyl adjacent to an activating group) is 1. The van der Waals surface area contributed by atoms with Gasteiger partial charge in [-0.05, 0) is 90.6 Å². The van der Waals surface area contributed by atoms with Crippen LogP contribution in [0.25, 0.3) is 0 Å². The van der Waals surface area contributed by atoms with Gasteiger partial charge < -0.3 is 14.5 Å². The van der Waals surface area contributed by atoms with Crippen molar-refractivity contribution in [2.75, 3.05) is 39.8 Å². The molecule has 1 atom stereocenters. The van der Waals surface area contributed by atoms with Gasteiger partial charge in [-0.15, -0.1) is 12.4 Å². The minimum atomic E-state index is -3.55. The molecule has 2 aromatic carbocycles. The zero-order valence-electron chi connectivity index (χ0n) is 24.2. The van der Waals surface area contributed by atoms with Crippen LogP contribution in [0.2, 0.25) is 0 Å². The predicted octanol–water partition coefficient (Wildman–Crippen LogP) is 6.48. The summed E-state index contributed by atoms with van der Waals surface area (Å²) in [7, 11) is -1.87. The fraction of sp³-hybridized carbons (Fsp3) is 0.469. The third-order valence-corrected chi connectivity index (χ3v) is 10.9. The fourth-order valence-electron chi connectivity index (χ4n) is 5.60. The van der Waals surface area contributed by atoms with Crippen LogP contribution in [0.4, 0.5) is 4.79 Å². The van der Waals surface area contributed by atoms with E-state index >= 15 is 0 Å². The topological polar surface area (TPSA) is 70.2 Å². The van der Waals surface area contributed by atoms with E-state index in [1.54, 1.807) is 42.6 Å². The number of piperidine rings is 1. The van der Waals surface area contributed by atoms with Crippen molar-refractivity contribution < 1.29 is 17.9 Å². The van der Waals surface area contributed by atoms with Crippen LogP contribution >= 0.6 is 23.7 Å². The molecule has 2 fully saturated rings. The third-order valence-electron chi connectivity index (χ3n) is 8.33. The van der Waals surface area contributed by atoms with Crippen molar-refractivity contribution in [3.8, 4) is 0 Å². The summed E-state index contributed by atoms with van der Waals surface area (Å²) in [6, 6.07) is 20.8. The summed E-state index contributed by atoms with van der Waals surface area (Å²) in [6.45, 7) is 4.28. The molecule has 0 N–H and O–H groups in total. The Balaban J connectivity index is 0.00000405.